The number of alkyl halides is 3. The lowest BCUT2D eigenvalue weighted by Gasteiger charge is -2.34. The first kappa shape index (κ1) is 22.4. The molecule has 0 radical (unpaired) electrons. The number of hydrogen-bond acceptors (Lipinski definition) is 4. The molecule has 3 rings (SSSR count). The highest BCUT2D eigenvalue weighted by atomic mass is 19.4. The number of benzene rings is 2. The number of piperazine rings is 1. The van der Waals surface area contributed by atoms with Crippen molar-refractivity contribution in [1.29, 1.82) is 0 Å². The minimum absolute atomic E-state index is 0.246. The first-order chi connectivity index (χ1) is 14.4. The van der Waals surface area contributed by atoms with Crippen molar-refractivity contribution >= 4 is 0 Å². The van der Waals surface area contributed by atoms with Crippen molar-refractivity contribution in [2.45, 2.75) is 12.6 Å². The molecule has 8 heteroatoms. The Labute approximate surface area is 174 Å². The van der Waals surface area contributed by atoms with E-state index in [9.17, 15) is 17.6 Å². The Morgan fingerprint density at radius 1 is 0.767 bits per heavy atom. The van der Waals surface area contributed by atoms with Crippen molar-refractivity contribution in [3.8, 4) is 11.5 Å². The van der Waals surface area contributed by atoms with Gasteiger partial charge in [-0.15, -0.1) is 0 Å². The third-order valence-corrected chi connectivity index (χ3v) is 5.00. The van der Waals surface area contributed by atoms with Crippen LogP contribution in [0.4, 0.5) is 17.6 Å². The topological polar surface area (TPSA) is 24.9 Å². The van der Waals surface area contributed by atoms with Gasteiger partial charge in [0.15, 0.2) is 0 Å². The molecule has 0 aromatic heterocycles. The molecule has 1 aliphatic rings. The molecule has 2 aromatic rings. The van der Waals surface area contributed by atoms with Crippen LogP contribution >= 0.6 is 0 Å². The maximum absolute atomic E-state index is 12.9. The van der Waals surface area contributed by atoms with E-state index >= 15 is 0 Å². The third-order valence-electron chi connectivity index (χ3n) is 5.00. The van der Waals surface area contributed by atoms with Crippen molar-refractivity contribution in [2.75, 3.05) is 52.5 Å². The van der Waals surface area contributed by atoms with Crippen molar-refractivity contribution in [3.05, 3.63) is 59.9 Å². The molecule has 0 atom stereocenters. The van der Waals surface area contributed by atoms with E-state index in [1.54, 1.807) is 18.2 Å². The molecule has 1 saturated heterocycles. The van der Waals surface area contributed by atoms with Gasteiger partial charge in [0.05, 0.1) is 12.2 Å². The standard InChI is InChI=1S/C22H26F4N2O2/c23-19-5-7-20(8-6-19)30-16-14-28-12-10-27(11-13-28)9-2-15-29-21-4-1-3-18(17-21)22(24,25)26/h1,3-8,17H,2,9-16H2. The smallest absolute Gasteiger partial charge is 0.416 e. The average Bonchev–Trinajstić information content (AvgIpc) is 2.73. The van der Waals surface area contributed by atoms with Gasteiger partial charge in [0.1, 0.15) is 23.9 Å². The largest absolute Gasteiger partial charge is 0.494 e. The van der Waals surface area contributed by atoms with Gasteiger partial charge in [-0.05, 0) is 48.9 Å². The summed E-state index contributed by atoms with van der Waals surface area (Å²) < 4.78 is 62.2. The second-order valence-electron chi connectivity index (χ2n) is 7.21. The Hall–Kier alpha value is -2.32. The first-order valence-corrected chi connectivity index (χ1v) is 10.0. The van der Waals surface area contributed by atoms with Crippen LogP contribution in [0.3, 0.4) is 0 Å². The van der Waals surface area contributed by atoms with Gasteiger partial charge in [-0.25, -0.2) is 4.39 Å². The van der Waals surface area contributed by atoms with Crippen molar-refractivity contribution in [1.82, 2.24) is 9.80 Å². The quantitative estimate of drug-likeness (QED) is 0.441. The molecule has 1 heterocycles. The number of halogens is 4. The Kier molecular flexibility index (Phi) is 7.93. The van der Waals surface area contributed by atoms with E-state index in [2.05, 4.69) is 9.80 Å². The van der Waals surface area contributed by atoms with Crippen LogP contribution < -0.4 is 9.47 Å². The Balaban J connectivity index is 1.27. The summed E-state index contributed by atoms with van der Waals surface area (Å²) in [5.74, 6) is 0.630. The molecule has 4 nitrogen and oxygen atoms in total. The maximum Gasteiger partial charge on any atom is 0.416 e. The summed E-state index contributed by atoms with van der Waals surface area (Å²) in [6, 6.07) is 11.0. The zero-order valence-electron chi connectivity index (χ0n) is 16.7. The van der Waals surface area contributed by atoms with Crippen LogP contribution in [-0.2, 0) is 6.18 Å². The Bertz CT molecular complexity index is 775. The second-order valence-corrected chi connectivity index (χ2v) is 7.21. The Morgan fingerprint density at radius 3 is 2.07 bits per heavy atom. The lowest BCUT2D eigenvalue weighted by molar-refractivity contribution is -0.137. The molecule has 164 valence electrons. The van der Waals surface area contributed by atoms with E-state index in [1.165, 1.54) is 18.2 Å². The molecule has 1 fully saturated rings. The van der Waals surface area contributed by atoms with Crippen molar-refractivity contribution in [3.63, 3.8) is 0 Å². The summed E-state index contributed by atoms with van der Waals surface area (Å²) in [4.78, 5) is 4.64. The molecule has 0 bridgehead atoms. The summed E-state index contributed by atoms with van der Waals surface area (Å²) in [7, 11) is 0. The van der Waals surface area contributed by atoms with E-state index < -0.39 is 11.7 Å². The van der Waals surface area contributed by atoms with Gasteiger partial charge in [0.25, 0.3) is 0 Å². The summed E-state index contributed by atoms with van der Waals surface area (Å²) in [5, 5.41) is 0. The number of ether oxygens (including phenoxy) is 2. The summed E-state index contributed by atoms with van der Waals surface area (Å²) in [5.41, 5.74) is -0.695. The predicted octanol–water partition coefficient (Wildman–Crippen LogP) is 4.31. The zero-order chi connectivity index (χ0) is 21.4. The fraction of sp³-hybridized carbons (Fsp3) is 0.455. The van der Waals surface area contributed by atoms with E-state index in [4.69, 9.17) is 9.47 Å². The maximum atomic E-state index is 12.9. The number of hydrogen-bond donors (Lipinski definition) is 0. The SMILES string of the molecule is Fc1ccc(OCCN2CCN(CCCOc3cccc(C(F)(F)F)c3)CC2)cc1. The molecule has 0 spiro atoms. The van der Waals surface area contributed by atoms with Gasteiger partial charge in [-0.2, -0.15) is 13.2 Å². The summed E-state index contributed by atoms with van der Waals surface area (Å²) >= 11 is 0. The van der Waals surface area contributed by atoms with Gasteiger partial charge in [-0.1, -0.05) is 6.07 Å². The predicted molar refractivity (Wildman–Crippen MR) is 106 cm³/mol. The summed E-state index contributed by atoms with van der Waals surface area (Å²) in [6.07, 6.45) is -3.60. The third kappa shape index (κ3) is 7.18. The molecule has 30 heavy (non-hydrogen) atoms. The molecular weight excluding hydrogens is 400 g/mol. The van der Waals surface area contributed by atoms with Gasteiger partial charge < -0.3 is 14.4 Å². The van der Waals surface area contributed by atoms with Gasteiger partial charge >= 0.3 is 6.18 Å². The summed E-state index contributed by atoms with van der Waals surface area (Å²) in [6.45, 7) is 6.31. The van der Waals surface area contributed by atoms with Gasteiger partial charge in [0, 0.05) is 39.3 Å². The number of nitrogens with zero attached hydrogens (tertiary/aromatic N) is 2. The normalized spacial score (nSPS) is 15.9. The highest BCUT2D eigenvalue weighted by Gasteiger charge is 2.30. The first-order valence-electron chi connectivity index (χ1n) is 10.0. The van der Waals surface area contributed by atoms with Crippen LogP contribution in [0, 0.1) is 5.82 Å². The van der Waals surface area contributed by atoms with Crippen LogP contribution in [0.25, 0.3) is 0 Å². The molecular formula is C22H26F4N2O2. The van der Waals surface area contributed by atoms with E-state index in [0.717, 1.165) is 57.8 Å². The molecule has 0 aliphatic carbocycles. The number of rotatable bonds is 9. The van der Waals surface area contributed by atoms with Crippen LogP contribution in [-0.4, -0.2) is 62.3 Å². The monoisotopic (exact) mass is 426 g/mol. The molecule has 0 unspecified atom stereocenters. The zero-order valence-corrected chi connectivity index (χ0v) is 16.7. The van der Waals surface area contributed by atoms with E-state index in [1.807, 2.05) is 0 Å². The molecule has 0 saturated carbocycles. The van der Waals surface area contributed by atoms with Crippen LogP contribution in [0.1, 0.15) is 12.0 Å². The lowest BCUT2D eigenvalue weighted by atomic mass is 10.2. The molecule has 0 N–H and O–H groups in total. The average molecular weight is 426 g/mol. The highest BCUT2D eigenvalue weighted by Crippen LogP contribution is 2.31. The molecule has 1 aliphatic heterocycles. The van der Waals surface area contributed by atoms with Crippen LogP contribution in [0.2, 0.25) is 0 Å². The second kappa shape index (κ2) is 10.6. The fourth-order valence-electron chi connectivity index (χ4n) is 3.30. The van der Waals surface area contributed by atoms with Crippen LogP contribution in [0.15, 0.2) is 48.5 Å². The minimum atomic E-state index is -4.36. The van der Waals surface area contributed by atoms with Gasteiger partial charge in [0.2, 0.25) is 0 Å². The lowest BCUT2D eigenvalue weighted by Crippen LogP contribution is -2.47. The minimum Gasteiger partial charge on any atom is -0.494 e. The van der Waals surface area contributed by atoms with E-state index in [-0.39, 0.29) is 11.6 Å². The Morgan fingerprint density at radius 2 is 1.40 bits per heavy atom. The fourth-order valence-corrected chi connectivity index (χ4v) is 3.30. The van der Waals surface area contributed by atoms with E-state index in [0.29, 0.717) is 19.0 Å². The van der Waals surface area contributed by atoms with Crippen molar-refractivity contribution < 1.29 is 27.0 Å². The van der Waals surface area contributed by atoms with Crippen molar-refractivity contribution in [2.24, 2.45) is 0 Å². The highest BCUT2D eigenvalue weighted by molar-refractivity contribution is 5.30. The van der Waals surface area contributed by atoms with Crippen LogP contribution in [0.5, 0.6) is 11.5 Å². The molecule has 0 amide bonds. The van der Waals surface area contributed by atoms with Gasteiger partial charge in [-0.3, -0.25) is 4.90 Å². The molecule has 2 aromatic carbocycles.